The molecule has 1 aromatic heterocycles. The van der Waals surface area contributed by atoms with Gasteiger partial charge in [-0.15, -0.1) is 0 Å². The Morgan fingerprint density at radius 3 is 2.55 bits per heavy atom. The highest BCUT2D eigenvalue weighted by molar-refractivity contribution is 5.43. The molecule has 0 atom stereocenters. The molecule has 0 radical (unpaired) electrons. The average Bonchev–Trinajstić information content (AvgIpc) is 2.41. The van der Waals surface area contributed by atoms with Crippen LogP contribution in [0.25, 0.3) is 0 Å². The monoisotopic (exact) mass is 279 g/mol. The van der Waals surface area contributed by atoms with Crippen molar-refractivity contribution in [3.63, 3.8) is 0 Å². The van der Waals surface area contributed by atoms with Crippen LogP contribution in [-0.2, 0) is 6.54 Å². The summed E-state index contributed by atoms with van der Waals surface area (Å²) in [6.45, 7) is 9.21. The number of rotatable bonds is 3. The number of hydrogen-bond donors (Lipinski definition) is 1. The van der Waals surface area contributed by atoms with Gasteiger partial charge in [-0.2, -0.15) is 0 Å². The zero-order valence-corrected chi connectivity index (χ0v) is 13.0. The quantitative estimate of drug-likeness (QED) is 0.921. The summed E-state index contributed by atoms with van der Waals surface area (Å²) >= 11 is 0. The van der Waals surface area contributed by atoms with Crippen LogP contribution in [0.5, 0.6) is 0 Å². The second kappa shape index (κ2) is 6.08. The first-order chi connectivity index (χ1) is 9.43. The fourth-order valence-electron chi connectivity index (χ4n) is 2.98. The molecule has 1 saturated heterocycles. The van der Waals surface area contributed by atoms with E-state index in [4.69, 9.17) is 0 Å². The Morgan fingerprint density at radius 2 is 2.00 bits per heavy atom. The van der Waals surface area contributed by atoms with Gasteiger partial charge in [-0.25, -0.2) is 9.37 Å². The Balaban J connectivity index is 2.09. The van der Waals surface area contributed by atoms with Gasteiger partial charge in [0.1, 0.15) is 0 Å². The van der Waals surface area contributed by atoms with Crippen molar-refractivity contribution in [3.8, 4) is 0 Å². The molecule has 3 nitrogen and oxygen atoms in total. The van der Waals surface area contributed by atoms with E-state index < -0.39 is 0 Å². The predicted octanol–water partition coefficient (Wildman–Crippen LogP) is 3.20. The van der Waals surface area contributed by atoms with Crippen LogP contribution in [0.4, 0.5) is 10.2 Å². The van der Waals surface area contributed by atoms with Crippen molar-refractivity contribution in [2.75, 3.05) is 25.0 Å². The van der Waals surface area contributed by atoms with E-state index in [0.29, 0.717) is 29.3 Å². The number of piperidine rings is 1. The molecular weight excluding hydrogens is 253 g/mol. The van der Waals surface area contributed by atoms with E-state index >= 15 is 0 Å². The smallest absolute Gasteiger partial charge is 0.170 e. The second-order valence-electron chi connectivity index (χ2n) is 6.77. The predicted molar refractivity (Wildman–Crippen MR) is 81.4 cm³/mol. The SMILES string of the molecule is CNCc1ccnc(N2CCC(C(C)(C)C)CC2)c1F. The van der Waals surface area contributed by atoms with Gasteiger partial charge in [-0.05, 0) is 37.3 Å². The molecule has 2 heterocycles. The molecule has 1 N–H and O–H groups in total. The van der Waals surface area contributed by atoms with Crippen LogP contribution >= 0.6 is 0 Å². The number of nitrogens with zero attached hydrogens (tertiary/aromatic N) is 2. The lowest BCUT2D eigenvalue weighted by Crippen LogP contribution is -2.39. The normalized spacial score (nSPS) is 17.6. The van der Waals surface area contributed by atoms with Crippen molar-refractivity contribution >= 4 is 5.82 Å². The van der Waals surface area contributed by atoms with E-state index in [1.165, 1.54) is 0 Å². The van der Waals surface area contributed by atoms with Crippen LogP contribution in [0.15, 0.2) is 12.3 Å². The molecule has 4 heteroatoms. The van der Waals surface area contributed by atoms with E-state index in [1.807, 2.05) is 7.05 Å². The summed E-state index contributed by atoms with van der Waals surface area (Å²) in [5.74, 6) is 1.06. The topological polar surface area (TPSA) is 28.2 Å². The highest BCUT2D eigenvalue weighted by atomic mass is 19.1. The van der Waals surface area contributed by atoms with Crippen LogP contribution in [0.2, 0.25) is 0 Å². The summed E-state index contributed by atoms with van der Waals surface area (Å²) in [4.78, 5) is 6.35. The van der Waals surface area contributed by atoms with Gasteiger partial charge in [-0.1, -0.05) is 20.8 Å². The molecule has 0 unspecified atom stereocenters. The van der Waals surface area contributed by atoms with E-state index in [9.17, 15) is 4.39 Å². The highest BCUT2D eigenvalue weighted by Gasteiger charge is 2.30. The van der Waals surface area contributed by atoms with Crippen molar-refractivity contribution in [3.05, 3.63) is 23.6 Å². The van der Waals surface area contributed by atoms with Crippen molar-refractivity contribution in [1.29, 1.82) is 0 Å². The molecule has 0 amide bonds. The molecule has 1 fully saturated rings. The molecule has 1 aliphatic heterocycles. The standard InChI is InChI=1S/C16H26FN3/c1-16(2,3)13-6-9-20(10-7-13)15-14(17)12(11-18-4)5-8-19-15/h5,8,13,18H,6-7,9-11H2,1-4H3. The summed E-state index contributed by atoms with van der Waals surface area (Å²) < 4.78 is 14.4. The van der Waals surface area contributed by atoms with Crippen LogP contribution in [-0.4, -0.2) is 25.1 Å². The third kappa shape index (κ3) is 3.29. The molecule has 0 aliphatic carbocycles. The molecule has 0 aromatic carbocycles. The average molecular weight is 279 g/mol. The summed E-state index contributed by atoms with van der Waals surface area (Å²) in [7, 11) is 1.83. The molecular formula is C16H26FN3. The first-order valence-corrected chi connectivity index (χ1v) is 7.46. The molecule has 2 rings (SSSR count). The van der Waals surface area contributed by atoms with Gasteiger partial charge in [0, 0.05) is 31.4 Å². The molecule has 0 bridgehead atoms. The third-order valence-electron chi connectivity index (χ3n) is 4.34. The Labute approximate surface area is 121 Å². The van der Waals surface area contributed by atoms with Gasteiger partial charge in [-0.3, -0.25) is 0 Å². The van der Waals surface area contributed by atoms with Crippen molar-refractivity contribution in [2.24, 2.45) is 11.3 Å². The number of halogens is 1. The van der Waals surface area contributed by atoms with Crippen LogP contribution in [0.3, 0.4) is 0 Å². The minimum absolute atomic E-state index is 0.170. The van der Waals surface area contributed by atoms with Gasteiger partial charge < -0.3 is 10.2 Å². The maximum atomic E-state index is 14.4. The van der Waals surface area contributed by atoms with Crippen LogP contribution < -0.4 is 10.2 Å². The minimum atomic E-state index is -0.170. The van der Waals surface area contributed by atoms with Gasteiger partial charge in [0.05, 0.1) is 0 Å². The van der Waals surface area contributed by atoms with Crippen LogP contribution in [0.1, 0.15) is 39.2 Å². The fourth-order valence-corrected chi connectivity index (χ4v) is 2.98. The first kappa shape index (κ1) is 15.2. The number of pyridine rings is 1. The first-order valence-electron chi connectivity index (χ1n) is 7.46. The molecule has 1 aliphatic rings. The molecule has 112 valence electrons. The Morgan fingerprint density at radius 1 is 1.35 bits per heavy atom. The second-order valence-corrected chi connectivity index (χ2v) is 6.77. The van der Waals surface area contributed by atoms with Crippen LogP contribution in [0, 0.1) is 17.2 Å². The summed E-state index contributed by atoms with van der Waals surface area (Å²) in [6, 6.07) is 1.75. The zero-order chi connectivity index (χ0) is 14.8. The van der Waals surface area contributed by atoms with E-state index in [2.05, 4.69) is 36.0 Å². The lowest BCUT2D eigenvalue weighted by atomic mass is 9.75. The van der Waals surface area contributed by atoms with Gasteiger partial charge >= 0.3 is 0 Å². The highest BCUT2D eigenvalue weighted by Crippen LogP contribution is 2.35. The summed E-state index contributed by atoms with van der Waals surface area (Å²) in [5.41, 5.74) is 1.03. The van der Waals surface area contributed by atoms with Crippen molar-refractivity contribution in [2.45, 2.75) is 40.2 Å². The Bertz CT molecular complexity index is 446. The lowest BCUT2D eigenvalue weighted by molar-refractivity contribution is 0.198. The molecule has 0 saturated carbocycles. The maximum Gasteiger partial charge on any atom is 0.170 e. The van der Waals surface area contributed by atoms with Crippen molar-refractivity contribution < 1.29 is 4.39 Å². The molecule has 0 spiro atoms. The van der Waals surface area contributed by atoms with E-state index in [0.717, 1.165) is 25.9 Å². The molecule has 1 aromatic rings. The number of hydrogen-bond acceptors (Lipinski definition) is 3. The largest absolute Gasteiger partial charge is 0.354 e. The lowest BCUT2D eigenvalue weighted by Gasteiger charge is -2.39. The van der Waals surface area contributed by atoms with E-state index in [1.54, 1.807) is 12.3 Å². The number of aromatic nitrogens is 1. The third-order valence-corrected chi connectivity index (χ3v) is 4.34. The van der Waals surface area contributed by atoms with Gasteiger partial charge in [0.15, 0.2) is 11.6 Å². The summed E-state index contributed by atoms with van der Waals surface area (Å²) in [5, 5.41) is 3.00. The fraction of sp³-hybridized carbons (Fsp3) is 0.688. The molecule has 20 heavy (non-hydrogen) atoms. The summed E-state index contributed by atoms with van der Waals surface area (Å²) in [6.07, 6.45) is 3.93. The van der Waals surface area contributed by atoms with Gasteiger partial charge in [0.25, 0.3) is 0 Å². The number of anilines is 1. The minimum Gasteiger partial charge on any atom is -0.354 e. The Hall–Kier alpha value is -1.16. The van der Waals surface area contributed by atoms with Crippen molar-refractivity contribution in [1.82, 2.24) is 10.3 Å². The maximum absolute atomic E-state index is 14.4. The number of nitrogens with one attached hydrogen (secondary N) is 1. The zero-order valence-electron chi connectivity index (χ0n) is 13.0. The Kier molecular flexibility index (Phi) is 4.63. The van der Waals surface area contributed by atoms with E-state index in [-0.39, 0.29) is 5.82 Å². The van der Waals surface area contributed by atoms with Gasteiger partial charge in [0.2, 0.25) is 0 Å².